The van der Waals surface area contributed by atoms with Gasteiger partial charge >= 0.3 is 0 Å². The topological polar surface area (TPSA) is 17.3 Å². The summed E-state index contributed by atoms with van der Waals surface area (Å²) in [7, 11) is 0. The number of fused-ring (bicyclic) bond motifs is 1. The summed E-state index contributed by atoms with van der Waals surface area (Å²) in [6, 6.07) is 1.72. The van der Waals surface area contributed by atoms with Gasteiger partial charge in [-0.15, -0.1) is 0 Å². The molecule has 0 spiro atoms. The summed E-state index contributed by atoms with van der Waals surface area (Å²) in [5.74, 6) is -0.261. The maximum absolute atomic E-state index is 13.3. The fraction of sp³-hybridized carbons (Fsp3) is 0.125. The molecule has 0 saturated carbocycles. The van der Waals surface area contributed by atoms with Gasteiger partial charge in [0.25, 0.3) is 0 Å². The van der Waals surface area contributed by atoms with Gasteiger partial charge in [0.05, 0.1) is 6.20 Å². The van der Waals surface area contributed by atoms with E-state index >= 15 is 0 Å². The number of hydrogen-bond donors (Lipinski definition) is 0. The molecule has 0 aliphatic heterocycles. The zero-order valence-electron chi connectivity index (χ0n) is 6.38. The third-order valence-corrected chi connectivity index (χ3v) is 2.35. The van der Waals surface area contributed by atoms with Crippen molar-refractivity contribution in [1.29, 1.82) is 0 Å². The summed E-state index contributed by atoms with van der Waals surface area (Å²) in [6.45, 7) is 1.72. The minimum atomic E-state index is -0.261. The molecule has 0 aromatic carbocycles. The van der Waals surface area contributed by atoms with Gasteiger partial charge in [-0.2, -0.15) is 0 Å². The zero-order valence-corrected chi connectivity index (χ0v) is 7.97. The lowest BCUT2D eigenvalue weighted by Gasteiger charge is -1.98. The lowest BCUT2D eigenvalue weighted by Crippen LogP contribution is -1.91. The number of aryl methyl sites for hydroxylation is 1. The number of pyridine rings is 1. The molecule has 62 valence electrons. The van der Waals surface area contributed by atoms with Crippen molar-refractivity contribution in [2.24, 2.45) is 0 Å². The Labute approximate surface area is 77.2 Å². The van der Waals surface area contributed by atoms with Crippen LogP contribution in [0.4, 0.5) is 4.39 Å². The third-order valence-electron chi connectivity index (χ3n) is 1.77. The SMILES string of the molecule is Cc1ccn2c(Br)cnc2c1F. The standard InChI is InChI=1S/C8H6BrFN2/c1-5-2-3-12-6(9)4-11-8(12)7(5)10/h2-4H,1H3. The highest BCUT2D eigenvalue weighted by Gasteiger charge is 2.06. The summed E-state index contributed by atoms with van der Waals surface area (Å²) in [5.41, 5.74) is 0.975. The molecule has 2 aromatic heterocycles. The summed E-state index contributed by atoms with van der Waals surface area (Å²) < 4.78 is 15.7. The minimum Gasteiger partial charge on any atom is -0.292 e. The van der Waals surface area contributed by atoms with E-state index in [1.807, 2.05) is 0 Å². The lowest BCUT2D eigenvalue weighted by atomic mass is 10.3. The van der Waals surface area contributed by atoms with Crippen LogP contribution in [0.15, 0.2) is 23.1 Å². The van der Waals surface area contributed by atoms with Crippen LogP contribution < -0.4 is 0 Å². The van der Waals surface area contributed by atoms with E-state index in [-0.39, 0.29) is 5.82 Å². The number of rotatable bonds is 0. The molecule has 0 amide bonds. The minimum absolute atomic E-state index is 0.261. The average Bonchev–Trinajstić information content (AvgIpc) is 2.41. The van der Waals surface area contributed by atoms with Crippen LogP contribution in [0.5, 0.6) is 0 Å². The van der Waals surface area contributed by atoms with E-state index in [9.17, 15) is 4.39 Å². The maximum Gasteiger partial charge on any atom is 0.174 e. The fourth-order valence-electron chi connectivity index (χ4n) is 1.08. The van der Waals surface area contributed by atoms with Gasteiger partial charge < -0.3 is 0 Å². The number of halogens is 2. The van der Waals surface area contributed by atoms with Crippen LogP contribution in [-0.2, 0) is 0 Å². The lowest BCUT2D eigenvalue weighted by molar-refractivity contribution is 0.620. The van der Waals surface area contributed by atoms with Crippen LogP contribution in [0.1, 0.15) is 5.56 Å². The molecular formula is C8H6BrFN2. The van der Waals surface area contributed by atoms with Crippen LogP contribution >= 0.6 is 15.9 Å². The van der Waals surface area contributed by atoms with E-state index in [1.165, 1.54) is 0 Å². The molecule has 2 heterocycles. The maximum atomic E-state index is 13.3. The van der Waals surface area contributed by atoms with Gasteiger partial charge in [-0.25, -0.2) is 9.37 Å². The smallest absolute Gasteiger partial charge is 0.174 e. The predicted octanol–water partition coefficient (Wildman–Crippen LogP) is 2.54. The fourth-order valence-corrected chi connectivity index (χ4v) is 1.47. The van der Waals surface area contributed by atoms with Gasteiger partial charge in [0.15, 0.2) is 11.5 Å². The van der Waals surface area contributed by atoms with Gasteiger partial charge in [-0.1, -0.05) is 0 Å². The zero-order chi connectivity index (χ0) is 8.72. The molecule has 0 fully saturated rings. The highest BCUT2D eigenvalue weighted by atomic mass is 79.9. The second kappa shape index (κ2) is 2.55. The molecule has 4 heteroatoms. The second-order valence-corrected chi connectivity index (χ2v) is 3.40. The summed E-state index contributed by atoms with van der Waals surface area (Å²) in [5, 5.41) is 0. The Balaban J connectivity index is 2.93. The monoisotopic (exact) mass is 228 g/mol. The second-order valence-electron chi connectivity index (χ2n) is 2.59. The first-order valence-electron chi connectivity index (χ1n) is 3.48. The van der Waals surface area contributed by atoms with Crippen molar-refractivity contribution in [1.82, 2.24) is 9.38 Å². The molecule has 0 unspecified atom stereocenters. The van der Waals surface area contributed by atoms with Crippen molar-refractivity contribution in [3.05, 3.63) is 34.4 Å². The first kappa shape index (κ1) is 7.73. The average molecular weight is 229 g/mol. The van der Waals surface area contributed by atoms with E-state index in [1.54, 1.807) is 29.8 Å². The predicted molar refractivity (Wildman–Crippen MR) is 47.6 cm³/mol. The molecule has 2 nitrogen and oxygen atoms in total. The van der Waals surface area contributed by atoms with Gasteiger partial charge in [0, 0.05) is 6.20 Å². The molecule has 2 rings (SSSR count). The number of nitrogens with zero attached hydrogens (tertiary/aromatic N) is 2. The molecule has 2 aromatic rings. The molecule has 0 saturated heterocycles. The van der Waals surface area contributed by atoms with Crippen LogP contribution in [-0.4, -0.2) is 9.38 Å². The number of hydrogen-bond acceptors (Lipinski definition) is 1. The quantitative estimate of drug-likeness (QED) is 0.678. The molecule has 12 heavy (non-hydrogen) atoms. The van der Waals surface area contributed by atoms with Crippen molar-refractivity contribution in [2.45, 2.75) is 6.92 Å². The van der Waals surface area contributed by atoms with Crippen LogP contribution in [0, 0.1) is 12.7 Å². The summed E-state index contributed by atoms with van der Waals surface area (Å²) in [6.07, 6.45) is 3.36. The van der Waals surface area contributed by atoms with Gasteiger partial charge in [0.1, 0.15) is 4.60 Å². The summed E-state index contributed by atoms with van der Waals surface area (Å²) in [4.78, 5) is 3.92. The Hall–Kier alpha value is -0.900. The molecule has 0 aliphatic carbocycles. The summed E-state index contributed by atoms with van der Waals surface area (Å²) >= 11 is 3.26. The van der Waals surface area contributed by atoms with Crippen LogP contribution in [0.2, 0.25) is 0 Å². The first-order valence-corrected chi connectivity index (χ1v) is 4.27. The highest BCUT2D eigenvalue weighted by molar-refractivity contribution is 9.10. The van der Waals surface area contributed by atoms with E-state index < -0.39 is 0 Å². The van der Waals surface area contributed by atoms with Crippen molar-refractivity contribution in [3.8, 4) is 0 Å². The van der Waals surface area contributed by atoms with Gasteiger partial charge in [0.2, 0.25) is 0 Å². The van der Waals surface area contributed by atoms with E-state index in [2.05, 4.69) is 20.9 Å². The molecular weight excluding hydrogens is 223 g/mol. The Morgan fingerprint density at radius 3 is 3.08 bits per heavy atom. The van der Waals surface area contributed by atoms with Crippen molar-refractivity contribution in [2.75, 3.05) is 0 Å². The van der Waals surface area contributed by atoms with Crippen LogP contribution in [0.25, 0.3) is 5.65 Å². The first-order chi connectivity index (χ1) is 5.70. The largest absolute Gasteiger partial charge is 0.292 e. The highest BCUT2D eigenvalue weighted by Crippen LogP contribution is 2.17. The molecule has 0 N–H and O–H groups in total. The molecule has 0 aliphatic rings. The number of imidazole rings is 1. The molecule has 0 atom stereocenters. The van der Waals surface area contributed by atoms with Crippen LogP contribution in [0.3, 0.4) is 0 Å². The van der Waals surface area contributed by atoms with Gasteiger partial charge in [-0.05, 0) is 34.5 Å². The van der Waals surface area contributed by atoms with Crippen molar-refractivity contribution in [3.63, 3.8) is 0 Å². The Bertz CT molecular complexity index is 436. The number of aromatic nitrogens is 2. The Morgan fingerprint density at radius 2 is 2.33 bits per heavy atom. The van der Waals surface area contributed by atoms with E-state index in [0.29, 0.717) is 11.2 Å². The van der Waals surface area contributed by atoms with E-state index in [4.69, 9.17) is 0 Å². The normalized spacial score (nSPS) is 10.9. The molecule has 0 bridgehead atoms. The third kappa shape index (κ3) is 0.948. The Kier molecular flexibility index (Phi) is 1.65. The Morgan fingerprint density at radius 1 is 1.58 bits per heavy atom. The van der Waals surface area contributed by atoms with Crippen molar-refractivity contribution < 1.29 is 4.39 Å². The van der Waals surface area contributed by atoms with Crippen molar-refractivity contribution >= 4 is 21.6 Å². The van der Waals surface area contributed by atoms with Gasteiger partial charge in [-0.3, -0.25) is 4.40 Å². The van der Waals surface area contributed by atoms with E-state index in [0.717, 1.165) is 4.60 Å². The molecule has 0 radical (unpaired) electrons.